The molecule has 1 aromatic rings. The second-order valence-electron chi connectivity index (χ2n) is 6.19. The molecule has 1 rings (SSSR count). The van der Waals surface area contributed by atoms with E-state index in [1.54, 1.807) is 0 Å². The average molecular weight is 262 g/mol. The Morgan fingerprint density at radius 2 is 2.00 bits per heavy atom. The third kappa shape index (κ3) is 5.88. The van der Waals surface area contributed by atoms with Gasteiger partial charge >= 0.3 is 0 Å². The van der Waals surface area contributed by atoms with Crippen molar-refractivity contribution in [3.05, 3.63) is 29.8 Å². The lowest BCUT2D eigenvalue weighted by Crippen LogP contribution is -2.20. The monoisotopic (exact) mass is 262 g/mol. The molecule has 2 N–H and O–H groups in total. The Labute approximate surface area is 116 Å². The summed E-state index contributed by atoms with van der Waals surface area (Å²) in [6, 6.07) is 8.32. The van der Waals surface area contributed by atoms with Gasteiger partial charge in [0.1, 0.15) is 0 Å². The molecular formula is C16H26N2O. The number of benzene rings is 1. The highest BCUT2D eigenvalue weighted by Gasteiger charge is 2.16. The van der Waals surface area contributed by atoms with Gasteiger partial charge in [-0.05, 0) is 36.6 Å². The first-order valence-corrected chi connectivity index (χ1v) is 6.95. The summed E-state index contributed by atoms with van der Waals surface area (Å²) >= 11 is 0. The molecule has 1 aromatic carbocycles. The molecule has 0 aliphatic rings. The van der Waals surface area contributed by atoms with Crippen LogP contribution in [0, 0.1) is 5.41 Å². The molecule has 0 saturated heterocycles. The zero-order chi connectivity index (χ0) is 14.5. The number of carbonyl (C=O) groups is 1. The van der Waals surface area contributed by atoms with E-state index in [0.717, 1.165) is 12.2 Å². The SMILES string of the molecule is CCNC(C)c1cccc(NC(=O)CC(C)(C)C)c1. The molecule has 3 nitrogen and oxygen atoms in total. The maximum atomic E-state index is 11.9. The first-order chi connectivity index (χ1) is 8.81. The molecule has 0 aliphatic heterocycles. The van der Waals surface area contributed by atoms with Gasteiger partial charge in [0.2, 0.25) is 5.91 Å². The molecule has 0 heterocycles. The molecule has 0 aromatic heterocycles. The molecule has 0 saturated carbocycles. The molecule has 0 bridgehead atoms. The minimum atomic E-state index is 0.0127. The lowest BCUT2D eigenvalue weighted by molar-refractivity contribution is -0.117. The first kappa shape index (κ1) is 15.7. The number of hydrogen-bond acceptors (Lipinski definition) is 2. The highest BCUT2D eigenvalue weighted by atomic mass is 16.1. The Bertz CT molecular complexity index is 421. The zero-order valence-electron chi connectivity index (χ0n) is 12.7. The Balaban J connectivity index is 2.69. The Morgan fingerprint density at radius 3 is 2.58 bits per heavy atom. The van der Waals surface area contributed by atoms with Crippen LogP contribution in [0.15, 0.2) is 24.3 Å². The average Bonchev–Trinajstić information content (AvgIpc) is 2.27. The van der Waals surface area contributed by atoms with E-state index in [2.05, 4.69) is 51.3 Å². The van der Waals surface area contributed by atoms with Gasteiger partial charge in [-0.25, -0.2) is 0 Å². The van der Waals surface area contributed by atoms with Gasteiger partial charge in [-0.3, -0.25) is 4.79 Å². The smallest absolute Gasteiger partial charge is 0.224 e. The van der Waals surface area contributed by atoms with Gasteiger partial charge < -0.3 is 10.6 Å². The Morgan fingerprint density at radius 1 is 1.32 bits per heavy atom. The third-order valence-electron chi connectivity index (χ3n) is 2.87. The molecule has 1 unspecified atom stereocenters. The molecule has 0 aliphatic carbocycles. The Kier molecular flexibility index (Phi) is 5.55. The number of amides is 1. The van der Waals surface area contributed by atoms with E-state index in [1.165, 1.54) is 5.56 Å². The molecule has 19 heavy (non-hydrogen) atoms. The van der Waals surface area contributed by atoms with E-state index in [4.69, 9.17) is 0 Å². The van der Waals surface area contributed by atoms with Gasteiger partial charge in [0.05, 0.1) is 0 Å². The van der Waals surface area contributed by atoms with Crippen molar-refractivity contribution in [1.82, 2.24) is 5.32 Å². The minimum absolute atomic E-state index is 0.0127. The van der Waals surface area contributed by atoms with E-state index in [1.807, 2.05) is 18.2 Å². The topological polar surface area (TPSA) is 41.1 Å². The van der Waals surface area contributed by atoms with Gasteiger partial charge in [0.15, 0.2) is 0 Å². The summed E-state index contributed by atoms with van der Waals surface area (Å²) < 4.78 is 0. The van der Waals surface area contributed by atoms with Crippen molar-refractivity contribution in [3.8, 4) is 0 Å². The van der Waals surface area contributed by atoms with Gasteiger partial charge in [0, 0.05) is 18.2 Å². The normalized spacial score (nSPS) is 13.1. The Hall–Kier alpha value is -1.35. The van der Waals surface area contributed by atoms with Crippen molar-refractivity contribution in [2.24, 2.45) is 5.41 Å². The van der Waals surface area contributed by atoms with Crippen molar-refractivity contribution in [2.75, 3.05) is 11.9 Å². The lowest BCUT2D eigenvalue weighted by Gasteiger charge is -2.18. The number of hydrogen-bond donors (Lipinski definition) is 2. The number of carbonyl (C=O) groups excluding carboxylic acids is 1. The molecule has 106 valence electrons. The third-order valence-corrected chi connectivity index (χ3v) is 2.87. The van der Waals surface area contributed by atoms with E-state index >= 15 is 0 Å². The molecule has 1 amide bonds. The fraction of sp³-hybridized carbons (Fsp3) is 0.562. The maximum absolute atomic E-state index is 11.9. The molecule has 0 radical (unpaired) electrons. The van der Waals surface area contributed by atoms with Crippen LogP contribution >= 0.6 is 0 Å². The quantitative estimate of drug-likeness (QED) is 0.849. The van der Waals surface area contributed by atoms with Crippen LogP contribution in [0.5, 0.6) is 0 Å². The van der Waals surface area contributed by atoms with Gasteiger partial charge in [-0.1, -0.05) is 39.8 Å². The summed E-state index contributed by atoms with van der Waals surface area (Å²) in [5.74, 6) is 0.0701. The van der Waals surface area contributed by atoms with Crippen LogP contribution < -0.4 is 10.6 Å². The first-order valence-electron chi connectivity index (χ1n) is 6.95. The summed E-state index contributed by atoms with van der Waals surface area (Å²) in [7, 11) is 0. The van der Waals surface area contributed by atoms with E-state index < -0.39 is 0 Å². The number of nitrogens with one attached hydrogen (secondary N) is 2. The largest absolute Gasteiger partial charge is 0.326 e. The minimum Gasteiger partial charge on any atom is -0.326 e. The van der Waals surface area contributed by atoms with Crippen LogP contribution in [0.3, 0.4) is 0 Å². The highest BCUT2D eigenvalue weighted by Crippen LogP contribution is 2.21. The van der Waals surface area contributed by atoms with E-state index in [-0.39, 0.29) is 11.3 Å². The maximum Gasteiger partial charge on any atom is 0.224 e. The van der Waals surface area contributed by atoms with Crippen LogP contribution in [-0.2, 0) is 4.79 Å². The summed E-state index contributed by atoms with van der Waals surface area (Å²) in [4.78, 5) is 11.9. The molecular weight excluding hydrogens is 236 g/mol. The zero-order valence-corrected chi connectivity index (χ0v) is 12.7. The van der Waals surface area contributed by atoms with Gasteiger partial charge in [-0.15, -0.1) is 0 Å². The fourth-order valence-electron chi connectivity index (χ4n) is 2.00. The van der Waals surface area contributed by atoms with Crippen LogP contribution in [0.25, 0.3) is 0 Å². The van der Waals surface area contributed by atoms with Gasteiger partial charge in [-0.2, -0.15) is 0 Å². The molecule has 1 atom stereocenters. The number of rotatable bonds is 5. The lowest BCUT2D eigenvalue weighted by atomic mass is 9.92. The predicted octanol–water partition coefficient (Wildman–Crippen LogP) is 3.73. The van der Waals surface area contributed by atoms with Crippen molar-refractivity contribution in [2.45, 2.75) is 47.1 Å². The van der Waals surface area contributed by atoms with Crippen LogP contribution in [0.4, 0.5) is 5.69 Å². The molecule has 0 fully saturated rings. The summed E-state index contributed by atoms with van der Waals surface area (Å²) in [5, 5.41) is 6.34. The second-order valence-corrected chi connectivity index (χ2v) is 6.19. The van der Waals surface area contributed by atoms with Crippen molar-refractivity contribution >= 4 is 11.6 Å². The van der Waals surface area contributed by atoms with Crippen LogP contribution in [0.2, 0.25) is 0 Å². The van der Waals surface area contributed by atoms with E-state index in [9.17, 15) is 4.79 Å². The molecule has 3 heteroatoms. The second kappa shape index (κ2) is 6.71. The predicted molar refractivity (Wildman–Crippen MR) is 81.2 cm³/mol. The summed E-state index contributed by atoms with van der Waals surface area (Å²) in [5.41, 5.74) is 2.07. The van der Waals surface area contributed by atoms with Crippen LogP contribution in [-0.4, -0.2) is 12.5 Å². The van der Waals surface area contributed by atoms with E-state index in [0.29, 0.717) is 12.5 Å². The van der Waals surface area contributed by atoms with Crippen molar-refractivity contribution in [1.29, 1.82) is 0 Å². The number of anilines is 1. The fourth-order valence-corrected chi connectivity index (χ4v) is 2.00. The van der Waals surface area contributed by atoms with Gasteiger partial charge in [0.25, 0.3) is 0 Å². The molecule has 0 spiro atoms. The van der Waals surface area contributed by atoms with Crippen molar-refractivity contribution in [3.63, 3.8) is 0 Å². The summed E-state index contributed by atoms with van der Waals surface area (Å²) in [6.45, 7) is 11.3. The highest BCUT2D eigenvalue weighted by molar-refractivity contribution is 5.91. The van der Waals surface area contributed by atoms with Crippen LogP contribution in [0.1, 0.15) is 52.6 Å². The standard InChI is InChI=1S/C16H26N2O/c1-6-17-12(2)13-8-7-9-14(10-13)18-15(19)11-16(3,4)5/h7-10,12,17H,6,11H2,1-5H3,(H,18,19). The summed E-state index contributed by atoms with van der Waals surface area (Å²) in [6.07, 6.45) is 0.528. The van der Waals surface area contributed by atoms with Crippen molar-refractivity contribution < 1.29 is 4.79 Å².